The van der Waals surface area contributed by atoms with Gasteiger partial charge in [-0.05, 0) is 110 Å². The van der Waals surface area contributed by atoms with Gasteiger partial charge < -0.3 is 10.4 Å². The molecule has 4 aromatic rings. The first kappa shape index (κ1) is 30.5. The summed E-state index contributed by atoms with van der Waals surface area (Å²) in [7, 11) is 0. The number of carbonyl (C=O) groups is 2. The van der Waals surface area contributed by atoms with Crippen LogP contribution in [0.1, 0.15) is 89.9 Å². The van der Waals surface area contributed by atoms with Crippen LogP contribution in [-0.4, -0.2) is 51.7 Å². The molecule has 2 heterocycles. The highest BCUT2D eigenvalue weighted by Gasteiger charge is 2.49. The van der Waals surface area contributed by atoms with Gasteiger partial charge in [0.15, 0.2) is 0 Å². The van der Waals surface area contributed by atoms with Crippen LogP contribution >= 0.6 is 0 Å². The van der Waals surface area contributed by atoms with Crippen LogP contribution in [0.2, 0.25) is 0 Å². The second kappa shape index (κ2) is 12.6. The number of nitrogens with zero attached hydrogens (tertiary/aromatic N) is 3. The number of hydrogen-bond donors (Lipinski definition) is 2. The molecule has 3 aromatic carbocycles. The van der Waals surface area contributed by atoms with E-state index in [1.54, 1.807) is 0 Å². The molecular weight excluding hydrogens is 572 g/mol. The molecule has 1 fully saturated rings. The van der Waals surface area contributed by atoms with Crippen LogP contribution < -0.4 is 5.32 Å². The number of imide groups is 1. The Balaban J connectivity index is 1.39. The smallest absolute Gasteiger partial charge is 0.261 e. The Morgan fingerprint density at radius 2 is 1.57 bits per heavy atom. The molecule has 3 aliphatic rings. The van der Waals surface area contributed by atoms with E-state index in [1.165, 1.54) is 16.0 Å². The van der Waals surface area contributed by atoms with Crippen LogP contribution in [0.3, 0.4) is 0 Å². The summed E-state index contributed by atoms with van der Waals surface area (Å²) in [6.45, 7) is 7.81. The Bertz CT molecular complexity index is 1830. The van der Waals surface area contributed by atoms with Gasteiger partial charge in [0.2, 0.25) is 0 Å². The summed E-state index contributed by atoms with van der Waals surface area (Å²) >= 11 is 0. The van der Waals surface area contributed by atoms with E-state index in [-0.39, 0.29) is 18.4 Å². The lowest BCUT2D eigenvalue weighted by atomic mass is 9.85. The summed E-state index contributed by atoms with van der Waals surface area (Å²) in [6.07, 6.45) is 7.77. The summed E-state index contributed by atoms with van der Waals surface area (Å²) in [6, 6.07) is 16.3. The molecule has 7 heteroatoms. The number of anilines is 1. The van der Waals surface area contributed by atoms with E-state index in [0.717, 1.165) is 102 Å². The maximum absolute atomic E-state index is 14.1. The van der Waals surface area contributed by atoms with Gasteiger partial charge in [-0.3, -0.25) is 14.5 Å². The highest BCUT2D eigenvalue weighted by atomic mass is 16.3. The van der Waals surface area contributed by atoms with E-state index in [1.807, 2.05) is 30.3 Å². The molecule has 3 atom stereocenters. The highest BCUT2D eigenvalue weighted by Crippen LogP contribution is 2.53. The Morgan fingerprint density at radius 3 is 2.30 bits per heavy atom. The number of amides is 2. The molecule has 2 unspecified atom stereocenters. The number of rotatable bonds is 10. The van der Waals surface area contributed by atoms with E-state index in [0.29, 0.717) is 35.4 Å². The molecule has 1 saturated carbocycles. The minimum absolute atomic E-state index is 0.209. The first-order chi connectivity index (χ1) is 22.5. The lowest BCUT2D eigenvalue weighted by Crippen LogP contribution is -2.40. The number of hydrogen-bond acceptors (Lipinski definition) is 6. The van der Waals surface area contributed by atoms with E-state index < -0.39 is 0 Å². The molecule has 7 nitrogen and oxygen atoms in total. The van der Waals surface area contributed by atoms with Crippen molar-refractivity contribution in [3.63, 3.8) is 0 Å². The summed E-state index contributed by atoms with van der Waals surface area (Å²) in [4.78, 5) is 29.1. The lowest BCUT2D eigenvalue weighted by Gasteiger charge is -2.28. The molecule has 0 radical (unpaired) electrons. The van der Waals surface area contributed by atoms with Crippen molar-refractivity contribution in [2.24, 2.45) is 17.8 Å². The summed E-state index contributed by atoms with van der Waals surface area (Å²) < 4.78 is 0. The quantitative estimate of drug-likeness (QED) is 0.141. The standard InChI is InChI=1S/C39H44N4O3/c1-4-6-18-40-35-17-16-31-36-32(35)20-24(21-33(36)39(46)43(38(31)45)19-7-5-2)26-10-8-9-11-29(26)37-30-15-14-28-27(34(28)22-44)13-12-25(30)23(3)41-42-37/h8-11,16-17,20-21,27-28,34,40,44H,4-7,12-15,18-19,22H2,1-3H3/t27?,28?,34-/m1/s1. The van der Waals surface area contributed by atoms with E-state index in [4.69, 9.17) is 5.10 Å². The van der Waals surface area contributed by atoms with Crippen LogP contribution in [0.5, 0.6) is 0 Å². The Morgan fingerprint density at radius 1 is 0.848 bits per heavy atom. The average molecular weight is 617 g/mol. The van der Waals surface area contributed by atoms with Crippen LogP contribution in [-0.2, 0) is 12.8 Å². The summed E-state index contributed by atoms with van der Waals surface area (Å²) in [5.74, 6) is 1.19. The van der Waals surface area contributed by atoms with Crippen molar-refractivity contribution < 1.29 is 14.7 Å². The zero-order chi connectivity index (χ0) is 31.9. The molecule has 2 N–H and O–H groups in total. The second-order valence-electron chi connectivity index (χ2n) is 13.4. The number of nitrogens with one attached hydrogen (secondary N) is 1. The summed E-state index contributed by atoms with van der Waals surface area (Å²) in [5.41, 5.74) is 9.49. The Kier molecular flexibility index (Phi) is 8.36. The SMILES string of the molecule is CCCCNc1ccc2c3c(cc(-c4ccccc4-c4nnc(C)c5c4CCC4C(CC5)[C@H]4CO)cc13)C(=O)N(CCCC)C2=O. The Hall–Kier alpha value is -4.10. The minimum atomic E-state index is -0.223. The molecule has 2 aliphatic carbocycles. The second-order valence-corrected chi connectivity index (χ2v) is 13.4. The molecule has 2 amide bonds. The van der Waals surface area contributed by atoms with Gasteiger partial charge in [0, 0.05) is 52.8 Å². The van der Waals surface area contributed by atoms with Crippen LogP contribution in [0, 0.1) is 24.7 Å². The van der Waals surface area contributed by atoms with E-state index >= 15 is 0 Å². The van der Waals surface area contributed by atoms with Gasteiger partial charge in [-0.1, -0.05) is 51.0 Å². The van der Waals surface area contributed by atoms with Crippen LogP contribution in [0.4, 0.5) is 5.69 Å². The maximum atomic E-state index is 14.1. The molecule has 0 bridgehead atoms. The number of unbranched alkanes of at least 4 members (excludes halogenated alkanes) is 2. The van der Waals surface area contributed by atoms with Crippen molar-refractivity contribution in [3.05, 3.63) is 76.5 Å². The van der Waals surface area contributed by atoms with Gasteiger partial charge in [0.25, 0.3) is 11.8 Å². The fraction of sp³-hybridized carbons (Fsp3) is 0.436. The molecule has 0 saturated heterocycles. The molecule has 1 aromatic heterocycles. The van der Waals surface area contributed by atoms with Gasteiger partial charge in [-0.15, -0.1) is 5.10 Å². The van der Waals surface area contributed by atoms with Gasteiger partial charge in [0.05, 0.1) is 11.4 Å². The fourth-order valence-electron chi connectivity index (χ4n) is 8.08. The number of benzene rings is 3. The first-order valence-corrected chi connectivity index (χ1v) is 17.2. The number of aromatic nitrogens is 2. The van der Waals surface area contributed by atoms with Gasteiger partial charge >= 0.3 is 0 Å². The third-order valence-electron chi connectivity index (χ3n) is 10.7. The topological polar surface area (TPSA) is 95.4 Å². The number of aliphatic hydroxyl groups is 1. The monoisotopic (exact) mass is 616 g/mol. The normalized spacial score (nSPS) is 20.3. The van der Waals surface area contributed by atoms with E-state index in [9.17, 15) is 14.7 Å². The molecule has 1 aliphatic heterocycles. The fourth-order valence-corrected chi connectivity index (χ4v) is 8.08. The zero-order valence-electron chi connectivity index (χ0n) is 27.2. The van der Waals surface area contributed by atoms with Crippen molar-refractivity contribution in [3.8, 4) is 22.4 Å². The van der Waals surface area contributed by atoms with Crippen LogP contribution in [0.15, 0.2) is 48.5 Å². The average Bonchev–Trinajstić information content (AvgIpc) is 3.74. The first-order valence-electron chi connectivity index (χ1n) is 17.2. The highest BCUT2D eigenvalue weighted by molar-refractivity contribution is 6.27. The lowest BCUT2D eigenvalue weighted by molar-refractivity contribution is 0.0608. The number of fused-ring (bicyclic) bond motifs is 2. The molecule has 46 heavy (non-hydrogen) atoms. The van der Waals surface area contributed by atoms with Gasteiger partial charge in [-0.25, -0.2) is 0 Å². The van der Waals surface area contributed by atoms with Crippen LogP contribution in [0.25, 0.3) is 33.2 Å². The predicted octanol–water partition coefficient (Wildman–Crippen LogP) is 7.61. The molecule has 0 spiro atoms. The largest absolute Gasteiger partial charge is 0.396 e. The Labute approximate surface area is 271 Å². The number of aliphatic hydroxyl groups excluding tert-OH is 1. The van der Waals surface area contributed by atoms with Gasteiger partial charge in [0.1, 0.15) is 0 Å². The number of aryl methyl sites for hydroxylation is 1. The van der Waals surface area contributed by atoms with Crippen molar-refractivity contribution in [1.29, 1.82) is 0 Å². The van der Waals surface area contributed by atoms with Crippen molar-refractivity contribution in [1.82, 2.24) is 15.1 Å². The molecular formula is C39H44N4O3. The number of carbonyl (C=O) groups excluding carboxylic acids is 2. The van der Waals surface area contributed by atoms with Crippen molar-refractivity contribution in [2.75, 3.05) is 25.0 Å². The van der Waals surface area contributed by atoms with Crippen molar-refractivity contribution in [2.45, 2.75) is 72.1 Å². The maximum Gasteiger partial charge on any atom is 0.261 e. The molecule has 238 valence electrons. The predicted molar refractivity (Wildman–Crippen MR) is 183 cm³/mol. The minimum Gasteiger partial charge on any atom is -0.396 e. The third kappa shape index (κ3) is 5.19. The van der Waals surface area contributed by atoms with Gasteiger partial charge in [-0.2, -0.15) is 5.10 Å². The van der Waals surface area contributed by atoms with E-state index in [2.05, 4.69) is 49.4 Å². The molecule has 7 rings (SSSR count). The zero-order valence-corrected chi connectivity index (χ0v) is 27.2. The third-order valence-corrected chi connectivity index (χ3v) is 10.7. The van der Waals surface area contributed by atoms with Crippen molar-refractivity contribution >= 4 is 28.3 Å². The summed E-state index contributed by atoms with van der Waals surface area (Å²) in [5, 5.41) is 24.7.